The highest BCUT2D eigenvalue weighted by Gasteiger charge is 2.17. The van der Waals surface area contributed by atoms with Gasteiger partial charge in [0, 0.05) is 11.4 Å². The van der Waals surface area contributed by atoms with Gasteiger partial charge >= 0.3 is 0 Å². The maximum absolute atomic E-state index is 5.75. The average Bonchev–Trinajstić information content (AvgIpc) is 2.51. The van der Waals surface area contributed by atoms with Crippen molar-refractivity contribution in [2.75, 3.05) is 0 Å². The molecule has 13 heavy (non-hydrogen) atoms. The number of rotatable bonds is 1. The third-order valence-electron chi connectivity index (χ3n) is 2.56. The van der Waals surface area contributed by atoms with E-state index in [1.807, 2.05) is 6.92 Å². The van der Waals surface area contributed by atoms with E-state index in [1.165, 1.54) is 17.7 Å². The summed E-state index contributed by atoms with van der Waals surface area (Å²) < 4.78 is 0. The van der Waals surface area contributed by atoms with Crippen LogP contribution in [0.2, 0.25) is 0 Å². The predicted octanol–water partition coefficient (Wildman–Crippen LogP) is 1.29. The fourth-order valence-electron chi connectivity index (χ4n) is 1.85. The first-order chi connectivity index (χ1) is 6.18. The Bertz CT molecular complexity index is 331. The molecule has 1 aliphatic rings. The lowest BCUT2D eigenvalue weighted by Crippen LogP contribution is -2.12. The molecule has 2 rings (SSSR count). The van der Waals surface area contributed by atoms with Crippen LogP contribution in [0.3, 0.4) is 0 Å². The second-order valence-corrected chi connectivity index (χ2v) is 3.73. The van der Waals surface area contributed by atoms with Crippen LogP contribution in [-0.2, 0) is 12.8 Å². The van der Waals surface area contributed by atoms with Crippen LogP contribution >= 0.6 is 0 Å². The van der Waals surface area contributed by atoms with Gasteiger partial charge in [-0.3, -0.25) is 0 Å². The summed E-state index contributed by atoms with van der Waals surface area (Å²) in [5.74, 6) is 0.790. The van der Waals surface area contributed by atoms with Crippen molar-refractivity contribution in [1.29, 1.82) is 0 Å². The lowest BCUT2D eigenvalue weighted by Gasteiger charge is -2.08. The fraction of sp³-hybridized carbons (Fsp3) is 0.600. The molecular weight excluding hydrogens is 162 g/mol. The van der Waals surface area contributed by atoms with E-state index in [1.54, 1.807) is 0 Å². The average molecular weight is 177 g/mol. The Balaban J connectivity index is 2.49. The predicted molar refractivity (Wildman–Crippen MR) is 51.4 cm³/mol. The van der Waals surface area contributed by atoms with E-state index in [-0.39, 0.29) is 6.04 Å². The minimum atomic E-state index is -0.0513. The number of aryl methyl sites for hydroxylation is 2. The van der Waals surface area contributed by atoms with Gasteiger partial charge in [0.25, 0.3) is 0 Å². The van der Waals surface area contributed by atoms with Gasteiger partial charge in [-0.05, 0) is 38.7 Å². The maximum atomic E-state index is 5.75. The van der Waals surface area contributed by atoms with E-state index in [0.717, 1.165) is 24.4 Å². The van der Waals surface area contributed by atoms with Crippen LogP contribution in [0.25, 0.3) is 0 Å². The molecule has 3 heteroatoms. The first-order valence-corrected chi connectivity index (χ1v) is 4.80. The molecule has 0 saturated carbocycles. The third-order valence-corrected chi connectivity index (χ3v) is 2.56. The Labute approximate surface area is 78.4 Å². The summed E-state index contributed by atoms with van der Waals surface area (Å²) in [5, 5.41) is 0. The molecule has 0 saturated heterocycles. The molecule has 70 valence electrons. The van der Waals surface area contributed by atoms with Gasteiger partial charge < -0.3 is 5.73 Å². The van der Waals surface area contributed by atoms with Crippen LogP contribution in [0.15, 0.2) is 0 Å². The van der Waals surface area contributed by atoms with Gasteiger partial charge in [-0.25, -0.2) is 9.97 Å². The van der Waals surface area contributed by atoms with Gasteiger partial charge in [-0.1, -0.05) is 0 Å². The molecule has 1 aliphatic carbocycles. The van der Waals surface area contributed by atoms with Crippen molar-refractivity contribution >= 4 is 0 Å². The molecule has 1 atom stereocenters. The van der Waals surface area contributed by atoms with Gasteiger partial charge in [0.2, 0.25) is 0 Å². The zero-order valence-electron chi connectivity index (χ0n) is 8.17. The number of nitrogens with two attached hydrogens (primary N) is 1. The van der Waals surface area contributed by atoms with Crippen molar-refractivity contribution in [2.24, 2.45) is 5.73 Å². The summed E-state index contributed by atoms with van der Waals surface area (Å²) in [6, 6.07) is -0.0513. The van der Waals surface area contributed by atoms with E-state index in [0.29, 0.717) is 0 Å². The standard InChI is InChI=1S/C10H15N3/c1-6(11)10-12-7(2)8-4-3-5-9(8)13-10/h6H,3-5,11H2,1-2H3. The van der Waals surface area contributed by atoms with Crippen molar-refractivity contribution in [1.82, 2.24) is 9.97 Å². The minimum Gasteiger partial charge on any atom is -0.322 e. The Kier molecular flexibility index (Phi) is 2.04. The summed E-state index contributed by atoms with van der Waals surface area (Å²) in [6.07, 6.45) is 3.45. The molecule has 0 radical (unpaired) electrons. The molecule has 0 spiro atoms. The SMILES string of the molecule is Cc1nc(C(C)N)nc2c1CCC2. The van der Waals surface area contributed by atoms with Gasteiger partial charge in [-0.2, -0.15) is 0 Å². The van der Waals surface area contributed by atoms with Crippen LogP contribution in [-0.4, -0.2) is 9.97 Å². The van der Waals surface area contributed by atoms with E-state index in [2.05, 4.69) is 16.9 Å². The highest BCUT2D eigenvalue weighted by molar-refractivity contribution is 5.29. The number of nitrogens with zero attached hydrogens (tertiary/aromatic N) is 2. The fourth-order valence-corrected chi connectivity index (χ4v) is 1.85. The van der Waals surface area contributed by atoms with Crippen LogP contribution in [0.5, 0.6) is 0 Å². The molecule has 1 aromatic heterocycles. The molecule has 1 heterocycles. The zero-order valence-corrected chi connectivity index (χ0v) is 8.17. The molecule has 0 fully saturated rings. The normalized spacial score (nSPS) is 17.2. The molecule has 0 aliphatic heterocycles. The topological polar surface area (TPSA) is 51.8 Å². The van der Waals surface area contributed by atoms with Crippen LogP contribution in [0.4, 0.5) is 0 Å². The highest BCUT2D eigenvalue weighted by atomic mass is 14.9. The molecule has 3 nitrogen and oxygen atoms in total. The van der Waals surface area contributed by atoms with E-state index in [4.69, 9.17) is 5.73 Å². The van der Waals surface area contributed by atoms with Crippen molar-refractivity contribution in [3.8, 4) is 0 Å². The summed E-state index contributed by atoms with van der Waals surface area (Å²) >= 11 is 0. The zero-order chi connectivity index (χ0) is 9.42. The molecule has 0 amide bonds. The summed E-state index contributed by atoms with van der Waals surface area (Å²) in [4.78, 5) is 8.89. The van der Waals surface area contributed by atoms with Crippen molar-refractivity contribution < 1.29 is 0 Å². The summed E-state index contributed by atoms with van der Waals surface area (Å²) in [5.41, 5.74) is 9.45. The van der Waals surface area contributed by atoms with Gasteiger partial charge in [0.05, 0.1) is 6.04 Å². The van der Waals surface area contributed by atoms with E-state index in [9.17, 15) is 0 Å². The van der Waals surface area contributed by atoms with E-state index >= 15 is 0 Å². The van der Waals surface area contributed by atoms with Gasteiger partial charge in [-0.15, -0.1) is 0 Å². The molecular formula is C10H15N3. The quantitative estimate of drug-likeness (QED) is 0.703. The lowest BCUT2D eigenvalue weighted by molar-refractivity contribution is 0.722. The first-order valence-electron chi connectivity index (χ1n) is 4.80. The molecule has 1 unspecified atom stereocenters. The van der Waals surface area contributed by atoms with Crippen LogP contribution < -0.4 is 5.73 Å². The van der Waals surface area contributed by atoms with Crippen molar-refractivity contribution in [2.45, 2.75) is 39.2 Å². The monoisotopic (exact) mass is 177 g/mol. The third kappa shape index (κ3) is 1.44. The van der Waals surface area contributed by atoms with Crippen molar-refractivity contribution in [3.05, 3.63) is 22.8 Å². The smallest absolute Gasteiger partial charge is 0.145 e. The Morgan fingerprint density at radius 2 is 2.08 bits per heavy atom. The first kappa shape index (κ1) is 8.63. The molecule has 0 bridgehead atoms. The Morgan fingerprint density at radius 1 is 1.31 bits per heavy atom. The highest BCUT2D eigenvalue weighted by Crippen LogP contribution is 2.23. The van der Waals surface area contributed by atoms with Gasteiger partial charge in [0.15, 0.2) is 0 Å². The maximum Gasteiger partial charge on any atom is 0.145 e. The molecule has 0 aromatic carbocycles. The Hall–Kier alpha value is -0.960. The summed E-state index contributed by atoms with van der Waals surface area (Å²) in [7, 11) is 0. The second kappa shape index (κ2) is 3.07. The minimum absolute atomic E-state index is 0.0513. The lowest BCUT2D eigenvalue weighted by atomic mass is 10.2. The van der Waals surface area contributed by atoms with Crippen LogP contribution in [0, 0.1) is 6.92 Å². The largest absolute Gasteiger partial charge is 0.322 e. The molecule has 2 N–H and O–H groups in total. The number of hydrogen-bond acceptors (Lipinski definition) is 3. The second-order valence-electron chi connectivity index (χ2n) is 3.73. The number of aromatic nitrogens is 2. The Morgan fingerprint density at radius 3 is 2.77 bits per heavy atom. The molecule has 1 aromatic rings. The summed E-state index contributed by atoms with van der Waals surface area (Å²) in [6.45, 7) is 3.98. The van der Waals surface area contributed by atoms with Crippen LogP contribution in [0.1, 0.15) is 42.2 Å². The number of fused-ring (bicyclic) bond motifs is 1. The number of hydrogen-bond donors (Lipinski definition) is 1. The van der Waals surface area contributed by atoms with E-state index < -0.39 is 0 Å². The van der Waals surface area contributed by atoms with Crippen molar-refractivity contribution in [3.63, 3.8) is 0 Å². The van der Waals surface area contributed by atoms with Gasteiger partial charge in [0.1, 0.15) is 5.82 Å².